The Labute approximate surface area is 136 Å². The molecule has 2 aromatic rings. The van der Waals surface area contributed by atoms with E-state index in [2.05, 4.69) is 4.98 Å². The molecule has 0 radical (unpaired) electrons. The summed E-state index contributed by atoms with van der Waals surface area (Å²) < 4.78 is 33.4. The molecule has 5 nitrogen and oxygen atoms in total. The number of sulfonamides is 1. The molecule has 1 aromatic heterocycles. The number of hydrogen-bond acceptors (Lipinski definition) is 4. The maximum absolute atomic E-state index is 12.9. The van der Waals surface area contributed by atoms with Gasteiger partial charge >= 0.3 is 0 Å². The Balaban J connectivity index is 1.59. The number of aromatic nitrogens is 1. The van der Waals surface area contributed by atoms with Crippen LogP contribution in [0, 0.1) is 5.92 Å². The quantitative estimate of drug-likeness (QED) is 0.863. The molecule has 2 fully saturated rings. The first-order chi connectivity index (χ1) is 11.2. The molecular weight excluding hydrogens is 312 g/mol. The minimum Gasteiger partial charge on any atom is -0.487 e. The predicted octanol–water partition coefficient (Wildman–Crippen LogP) is 2.31. The fourth-order valence-corrected chi connectivity index (χ4v) is 5.39. The van der Waals surface area contributed by atoms with Crippen molar-refractivity contribution in [2.24, 2.45) is 5.92 Å². The lowest BCUT2D eigenvalue weighted by molar-refractivity contribution is 0.167. The van der Waals surface area contributed by atoms with Crippen molar-refractivity contribution in [1.29, 1.82) is 0 Å². The second-order valence-corrected chi connectivity index (χ2v) is 7.95. The van der Waals surface area contributed by atoms with E-state index in [1.165, 1.54) is 0 Å². The molecule has 1 aromatic carbocycles. The highest BCUT2D eigenvalue weighted by atomic mass is 32.2. The molecule has 3 atom stereocenters. The normalized spacial score (nSPS) is 27.2. The first kappa shape index (κ1) is 14.7. The average molecular weight is 330 g/mol. The zero-order valence-corrected chi connectivity index (χ0v) is 13.4. The van der Waals surface area contributed by atoms with Crippen LogP contribution < -0.4 is 4.74 Å². The van der Waals surface area contributed by atoms with Crippen molar-refractivity contribution >= 4 is 10.0 Å². The van der Waals surface area contributed by atoms with Gasteiger partial charge in [0.25, 0.3) is 0 Å². The Morgan fingerprint density at radius 3 is 2.65 bits per heavy atom. The molecule has 120 valence electrons. The Morgan fingerprint density at radius 2 is 1.91 bits per heavy atom. The third-order valence-electron chi connectivity index (χ3n) is 4.72. The van der Waals surface area contributed by atoms with E-state index in [1.807, 2.05) is 18.2 Å². The topological polar surface area (TPSA) is 59.5 Å². The van der Waals surface area contributed by atoms with E-state index in [9.17, 15) is 8.42 Å². The molecule has 2 aliphatic rings. The number of benzene rings is 1. The van der Waals surface area contributed by atoms with Gasteiger partial charge in [0.15, 0.2) is 0 Å². The van der Waals surface area contributed by atoms with E-state index in [0.29, 0.717) is 17.2 Å². The zero-order valence-electron chi connectivity index (χ0n) is 12.6. The summed E-state index contributed by atoms with van der Waals surface area (Å²) in [7, 11) is -3.46. The largest absolute Gasteiger partial charge is 0.487 e. The van der Waals surface area contributed by atoms with Crippen LogP contribution in [0.3, 0.4) is 0 Å². The van der Waals surface area contributed by atoms with E-state index in [1.54, 1.807) is 41.0 Å². The van der Waals surface area contributed by atoms with Crippen LogP contribution in [0.4, 0.5) is 0 Å². The first-order valence-corrected chi connectivity index (χ1v) is 9.24. The number of fused-ring (bicyclic) bond motifs is 2. The maximum Gasteiger partial charge on any atom is 0.243 e. The SMILES string of the molecule is O=S(=O)(c1ccccc1)N1CC2CCC1C2Oc1cccnc1. The second kappa shape index (κ2) is 5.62. The lowest BCUT2D eigenvalue weighted by Crippen LogP contribution is -2.40. The van der Waals surface area contributed by atoms with Crippen molar-refractivity contribution in [3.63, 3.8) is 0 Å². The van der Waals surface area contributed by atoms with Gasteiger partial charge in [-0.3, -0.25) is 4.98 Å². The van der Waals surface area contributed by atoms with Gasteiger partial charge in [-0.05, 0) is 37.1 Å². The molecule has 1 aliphatic heterocycles. The highest BCUT2D eigenvalue weighted by Crippen LogP contribution is 2.42. The minimum absolute atomic E-state index is 0.0855. The fourth-order valence-electron chi connectivity index (χ4n) is 3.65. The average Bonchev–Trinajstić information content (AvgIpc) is 3.14. The van der Waals surface area contributed by atoms with Gasteiger partial charge in [-0.25, -0.2) is 8.42 Å². The lowest BCUT2D eigenvalue weighted by atomic mass is 10.1. The van der Waals surface area contributed by atoms with Crippen molar-refractivity contribution in [2.45, 2.75) is 29.9 Å². The monoisotopic (exact) mass is 330 g/mol. The summed E-state index contributed by atoms with van der Waals surface area (Å²) in [6.45, 7) is 0.535. The zero-order chi connectivity index (χ0) is 15.9. The molecule has 1 saturated carbocycles. The standard InChI is InChI=1S/C17H18N2O3S/c20-23(21,15-6-2-1-3-7-15)19-12-13-8-9-16(19)17(13)22-14-5-4-10-18-11-14/h1-7,10-11,13,16-17H,8-9,12H2. The van der Waals surface area contributed by atoms with Crippen molar-refractivity contribution < 1.29 is 13.2 Å². The van der Waals surface area contributed by atoms with E-state index in [4.69, 9.17) is 4.74 Å². The third-order valence-corrected chi connectivity index (χ3v) is 6.62. The van der Waals surface area contributed by atoms with Crippen LogP contribution in [0.5, 0.6) is 5.75 Å². The van der Waals surface area contributed by atoms with E-state index in [-0.39, 0.29) is 18.1 Å². The van der Waals surface area contributed by atoms with Crippen molar-refractivity contribution in [1.82, 2.24) is 9.29 Å². The summed E-state index contributed by atoms with van der Waals surface area (Å²) in [5.74, 6) is 0.951. The first-order valence-electron chi connectivity index (χ1n) is 7.80. The summed E-state index contributed by atoms with van der Waals surface area (Å²) in [6.07, 6.45) is 5.14. The smallest absolute Gasteiger partial charge is 0.243 e. The minimum atomic E-state index is -3.46. The second-order valence-electron chi connectivity index (χ2n) is 6.06. The van der Waals surface area contributed by atoms with Crippen LogP contribution in [0.25, 0.3) is 0 Å². The van der Waals surface area contributed by atoms with Gasteiger partial charge in [0.1, 0.15) is 11.9 Å². The van der Waals surface area contributed by atoms with Crippen LogP contribution in [0.1, 0.15) is 12.8 Å². The molecule has 6 heteroatoms. The van der Waals surface area contributed by atoms with Crippen LogP contribution in [-0.2, 0) is 10.0 Å². The third kappa shape index (κ3) is 2.52. The fraction of sp³-hybridized carbons (Fsp3) is 0.353. The highest BCUT2D eigenvalue weighted by molar-refractivity contribution is 7.89. The molecule has 0 amide bonds. The van der Waals surface area contributed by atoms with Gasteiger partial charge < -0.3 is 4.74 Å². The van der Waals surface area contributed by atoms with Crippen LogP contribution in [0.15, 0.2) is 59.8 Å². The Bertz CT molecular complexity index is 780. The molecule has 1 aliphatic carbocycles. The number of hydrogen-bond donors (Lipinski definition) is 0. The van der Waals surface area contributed by atoms with Gasteiger partial charge in [0, 0.05) is 18.7 Å². The van der Waals surface area contributed by atoms with Gasteiger partial charge in [-0.2, -0.15) is 4.31 Å². The van der Waals surface area contributed by atoms with Crippen molar-refractivity contribution in [2.75, 3.05) is 6.54 Å². The molecule has 2 heterocycles. The Morgan fingerprint density at radius 1 is 1.09 bits per heavy atom. The number of rotatable bonds is 4. The molecule has 3 unspecified atom stereocenters. The van der Waals surface area contributed by atoms with Crippen LogP contribution in [-0.4, -0.2) is 36.4 Å². The highest BCUT2D eigenvalue weighted by Gasteiger charge is 2.52. The number of pyridine rings is 1. The lowest BCUT2D eigenvalue weighted by Gasteiger charge is -2.26. The molecule has 1 saturated heterocycles. The summed E-state index contributed by atoms with van der Waals surface area (Å²) in [6, 6.07) is 12.2. The molecule has 0 N–H and O–H groups in total. The van der Waals surface area contributed by atoms with Gasteiger partial charge in [0.2, 0.25) is 10.0 Å². The summed E-state index contributed by atoms with van der Waals surface area (Å²) in [5, 5.41) is 0. The molecular formula is C17H18N2O3S. The molecule has 4 rings (SSSR count). The van der Waals surface area contributed by atoms with Crippen molar-refractivity contribution in [3.8, 4) is 5.75 Å². The van der Waals surface area contributed by atoms with Crippen LogP contribution >= 0.6 is 0 Å². The number of ether oxygens (including phenoxy) is 1. The van der Waals surface area contributed by atoms with Crippen LogP contribution in [0.2, 0.25) is 0 Å². The number of piperidine rings is 1. The van der Waals surface area contributed by atoms with E-state index >= 15 is 0 Å². The van der Waals surface area contributed by atoms with E-state index < -0.39 is 10.0 Å². The summed E-state index contributed by atoms with van der Waals surface area (Å²) in [4.78, 5) is 4.41. The van der Waals surface area contributed by atoms with E-state index in [0.717, 1.165) is 12.8 Å². The number of nitrogens with zero attached hydrogens (tertiary/aromatic N) is 2. The van der Waals surface area contributed by atoms with Crippen molar-refractivity contribution in [3.05, 3.63) is 54.9 Å². The summed E-state index contributed by atoms with van der Waals surface area (Å²) >= 11 is 0. The summed E-state index contributed by atoms with van der Waals surface area (Å²) in [5.41, 5.74) is 0. The molecule has 23 heavy (non-hydrogen) atoms. The van der Waals surface area contributed by atoms with Gasteiger partial charge in [0.05, 0.1) is 17.1 Å². The van der Waals surface area contributed by atoms with Gasteiger partial charge in [-0.1, -0.05) is 18.2 Å². The molecule has 2 bridgehead atoms. The maximum atomic E-state index is 12.9. The molecule has 0 spiro atoms. The Hall–Kier alpha value is -1.92. The van der Waals surface area contributed by atoms with Gasteiger partial charge in [-0.15, -0.1) is 0 Å². The predicted molar refractivity (Wildman–Crippen MR) is 85.5 cm³/mol. The Kier molecular flexibility index (Phi) is 3.58.